The summed E-state index contributed by atoms with van der Waals surface area (Å²) in [6.45, 7) is 1.78. The van der Waals surface area contributed by atoms with Gasteiger partial charge in [0.2, 0.25) is 0 Å². The van der Waals surface area contributed by atoms with Gasteiger partial charge in [-0.3, -0.25) is 4.98 Å². The number of carboxylic acid groups (broad SMARTS) is 1. The zero-order valence-electron chi connectivity index (χ0n) is 8.29. The number of rotatable bonds is 1. The van der Waals surface area contributed by atoms with Crippen LogP contribution in [0.15, 0.2) is 27.1 Å². The lowest BCUT2D eigenvalue weighted by Crippen LogP contribution is -2.00. The molecule has 82 valence electrons. The molecule has 2 aromatic rings. The molecule has 0 spiro atoms. The number of carboxylic acids is 1. The number of aryl methyl sites for hydroxylation is 1. The first-order valence-electron chi connectivity index (χ1n) is 4.48. The molecule has 0 radical (unpaired) electrons. The lowest BCUT2D eigenvalue weighted by Gasteiger charge is -2.06. The van der Waals surface area contributed by atoms with Crippen LogP contribution in [-0.2, 0) is 0 Å². The van der Waals surface area contributed by atoms with E-state index in [2.05, 4.69) is 36.8 Å². The molecular weight excluding hydrogens is 338 g/mol. The van der Waals surface area contributed by atoms with Crippen molar-refractivity contribution in [3.8, 4) is 0 Å². The highest BCUT2D eigenvalue weighted by atomic mass is 79.9. The van der Waals surface area contributed by atoms with Crippen LogP contribution in [0.5, 0.6) is 0 Å². The number of benzene rings is 1. The highest BCUT2D eigenvalue weighted by Crippen LogP contribution is 2.29. The van der Waals surface area contributed by atoms with Crippen molar-refractivity contribution < 1.29 is 9.90 Å². The third-order valence-electron chi connectivity index (χ3n) is 2.19. The molecule has 0 aliphatic heterocycles. The number of hydrogen-bond acceptors (Lipinski definition) is 2. The fourth-order valence-electron chi connectivity index (χ4n) is 1.56. The van der Waals surface area contributed by atoms with Gasteiger partial charge in [0.1, 0.15) is 0 Å². The van der Waals surface area contributed by atoms with E-state index in [1.165, 1.54) is 0 Å². The van der Waals surface area contributed by atoms with E-state index in [0.29, 0.717) is 16.6 Å². The van der Waals surface area contributed by atoms with E-state index in [-0.39, 0.29) is 5.56 Å². The van der Waals surface area contributed by atoms with Crippen molar-refractivity contribution in [3.63, 3.8) is 0 Å². The van der Waals surface area contributed by atoms with Crippen LogP contribution in [0.2, 0.25) is 0 Å². The molecule has 0 aliphatic carbocycles. The molecule has 0 unspecified atom stereocenters. The molecule has 1 aromatic carbocycles. The highest BCUT2D eigenvalue weighted by molar-refractivity contribution is 9.11. The minimum Gasteiger partial charge on any atom is -0.478 e. The molecule has 0 saturated carbocycles. The summed E-state index contributed by atoms with van der Waals surface area (Å²) in [6.07, 6.45) is 0. The summed E-state index contributed by atoms with van der Waals surface area (Å²) in [5.41, 5.74) is 1.62. The van der Waals surface area contributed by atoms with Gasteiger partial charge in [-0.15, -0.1) is 0 Å². The van der Waals surface area contributed by atoms with Gasteiger partial charge in [-0.25, -0.2) is 4.79 Å². The Morgan fingerprint density at radius 1 is 1.31 bits per heavy atom. The van der Waals surface area contributed by atoms with E-state index in [1.807, 2.05) is 6.07 Å². The minimum absolute atomic E-state index is 0.268. The topological polar surface area (TPSA) is 50.2 Å². The van der Waals surface area contributed by atoms with Gasteiger partial charge in [0, 0.05) is 20.0 Å². The lowest BCUT2D eigenvalue weighted by molar-refractivity contribution is 0.0699. The molecule has 1 aromatic heterocycles. The summed E-state index contributed by atoms with van der Waals surface area (Å²) >= 11 is 6.71. The molecule has 3 nitrogen and oxygen atoms in total. The van der Waals surface area contributed by atoms with E-state index >= 15 is 0 Å². The first-order valence-corrected chi connectivity index (χ1v) is 6.07. The summed E-state index contributed by atoms with van der Waals surface area (Å²) in [4.78, 5) is 15.5. The number of aromatic nitrogens is 1. The Balaban J connectivity index is 2.95. The molecule has 0 aliphatic rings. The summed E-state index contributed by atoms with van der Waals surface area (Å²) < 4.78 is 1.60. The Hall–Kier alpha value is -0.940. The molecule has 16 heavy (non-hydrogen) atoms. The van der Waals surface area contributed by atoms with Crippen molar-refractivity contribution in [1.82, 2.24) is 4.98 Å². The molecule has 1 N–H and O–H groups in total. The second kappa shape index (κ2) is 4.14. The molecule has 0 atom stereocenters. The number of aromatic carboxylic acids is 1. The Bertz CT molecular complexity index is 596. The van der Waals surface area contributed by atoms with Crippen molar-refractivity contribution in [1.29, 1.82) is 0 Å². The Morgan fingerprint density at radius 2 is 2.00 bits per heavy atom. The minimum atomic E-state index is -0.944. The second-order valence-electron chi connectivity index (χ2n) is 3.40. The van der Waals surface area contributed by atoms with E-state index in [9.17, 15) is 4.79 Å². The SMILES string of the molecule is Cc1cc(C(=O)O)c2cc(Br)cc(Br)c2n1. The predicted molar refractivity (Wildman–Crippen MR) is 68.8 cm³/mol. The number of hydrogen-bond donors (Lipinski definition) is 1. The van der Waals surface area contributed by atoms with Gasteiger partial charge in [-0.05, 0) is 41.1 Å². The predicted octanol–water partition coefficient (Wildman–Crippen LogP) is 3.77. The van der Waals surface area contributed by atoms with Crippen LogP contribution in [0, 0.1) is 6.92 Å². The first kappa shape index (κ1) is 11.5. The van der Waals surface area contributed by atoms with Gasteiger partial charge in [-0.2, -0.15) is 0 Å². The molecule has 2 rings (SSSR count). The number of fused-ring (bicyclic) bond motifs is 1. The van der Waals surface area contributed by atoms with Gasteiger partial charge in [0.15, 0.2) is 0 Å². The summed E-state index contributed by atoms with van der Waals surface area (Å²) in [5.74, 6) is -0.944. The molecule has 5 heteroatoms. The zero-order chi connectivity index (χ0) is 11.9. The van der Waals surface area contributed by atoms with E-state index in [4.69, 9.17) is 5.11 Å². The normalized spacial score (nSPS) is 10.7. The van der Waals surface area contributed by atoms with Gasteiger partial charge >= 0.3 is 5.97 Å². The number of pyridine rings is 1. The molecule has 0 amide bonds. The fourth-order valence-corrected chi connectivity index (χ4v) is 2.87. The number of nitrogens with zero attached hydrogens (tertiary/aromatic N) is 1. The summed E-state index contributed by atoms with van der Waals surface area (Å²) in [6, 6.07) is 5.18. The van der Waals surface area contributed by atoms with Gasteiger partial charge in [0.05, 0.1) is 11.1 Å². The van der Waals surface area contributed by atoms with Crippen LogP contribution in [-0.4, -0.2) is 16.1 Å². The highest BCUT2D eigenvalue weighted by Gasteiger charge is 2.13. The maximum absolute atomic E-state index is 11.1. The van der Waals surface area contributed by atoms with Crippen molar-refractivity contribution in [3.05, 3.63) is 38.4 Å². The van der Waals surface area contributed by atoms with Crippen molar-refractivity contribution in [2.24, 2.45) is 0 Å². The fraction of sp³-hybridized carbons (Fsp3) is 0.0909. The van der Waals surface area contributed by atoms with Crippen LogP contribution in [0.25, 0.3) is 10.9 Å². The smallest absolute Gasteiger partial charge is 0.336 e. The van der Waals surface area contributed by atoms with E-state index < -0.39 is 5.97 Å². The second-order valence-corrected chi connectivity index (χ2v) is 5.17. The molecule has 0 bridgehead atoms. The molecule has 0 fully saturated rings. The largest absolute Gasteiger partial charge is 0.478 e. The summed E-state index contributed by atoms with van der Waals surface area (Å²) in [5, 5.41) is 9.76. The standard InChI is InChI=1S/C11H7Br2NO2/c1-5-2-8(11(15)16)7-3-6(12)4-9(13)10(7)14-5/h2-4H,1H3,(H,15,16). The van der Waals surface area contributed by atoms with E-state index in [1.54, 1.807) is 19.1 Å². The molecule has 1 heterocycles. The van der Waals surface area contributed by atoms with Gasteiger partial charge < -0.3 is 5.11 Å². The average Bonchev–Trinajstić information content (AvgIpc) is 2.18. The van der Waals surface area contributed by atoms with Crippen LogP contribution < -0.4 is 0 Å². The van der Waals surface area contributed by atoms with E-state index in [0.717, 1.165) is 8.95 Å². The maximum Gasteiger partial charge on any atom is 0.336 e. The van der Waals surface area contributed by atoms with Gasteiger partial charge in [0.25, 0.3) is 0 Å². The Labute approximate surface area is 109 Å². The molecule has 0 saturated heterocycles. The van der Waals surface area contributed by atoms with Crippen LogP contribution in [0.3, 0.4) is 0 Å². The maximum atomic E-state index is 11.1. The number of halogens is 2. The quantitative estimate of drug-likeness (QED) is 0.856. The summed E-state index contributed by atoms with van der Waals surface area (Å²) in [7, 11) is 0. The average molecular weight is 345 g/mol. The van der Waals surface area contributed by atoms with Crippen LogP contribution >= 0.6 is 31.9 Å². The lowest BCUT2D eigenvalue weighted by atomic mass is 10.1. The third-order valence-corrected chi connectivity index (χ3v) is 3.25. The zero-order valence-corrected chi connectivity index (χ0v) is 11.5. The third kappa shape index (κ3) is 1.97. The van der Waals surface area contributed by atoms with Crippen molar-refractivity contribution in [2.75, 3.05) is 0 Å². The van der Waals surface area contributed by atoms with Crippen molar-refractivity contribution in [2.45, 2.75) is 6.92 Å². The Kier molecular flexibility index (Phi) is 2.99. The molecular formula is C11H7Br2NO2. The number of carbonyl (C=O) groups is 1. The van der Waals surface area contributed by atoms with Crippen LogP contribution in [0.1, 0.15) is 16.1 Å². The Morgan fingerprint density at radius 3 is 2.62 bits per heavy atom. The van der Waals surface area contributed by atoms with Gasteiger partial charge in [-0.1, -0.05) is 15.9 Å². The monoisotopic (exact) mass is 343 g/mol. The van der Waals surface area contributed by atoms with Crippen molar-refractivity contribution >= 4 is 48.7 Å². The van der Waals surface area contributed by atoms with Crippen LogP contribution in [0.4, 0.5) is 0 Å². The first-order chi connectivity index (χ1) is 7.49.